The number of nitrogens with zero attached hydrogens (tertiary/aromatic N) is 3. The Labute approximate surface area is 337 Å². The van der Waals surface area contributed by atoms with E-state index in [9.17, 15) is 24.6 Å². The predicted molar refractivity (Wildman–Crippen MR) is 219 cm³/mol. The SMILES string of the molecule is CC(C)C1=C2C3CCC4C5(C)CCC(OC(=O)CC(C)(C)C(=O)O)C(C)(C)C5CCC4(C)C3(C)CCC2(C(O)CN(CCN(C)C)Cc2ccccn2)CC1=O. The van der Waals surface area contributed by atoms with Crippen LogP contribution in [0, 0.1) is 56.2 Å². The smallest absolute Gasteiger partial charge is 0.309 e. The van der Waals surface area contributed by atoms with Gasteiger partial charge >= 0.3 is 11.9 Å². The van der Waals surface area contributed by atoms with Crippen molar-refractivity contribution in [2.45, 2.75) is 145 Å². The largest absolute Gasteiger partial charge is 0.481 e. The number of carbonyl (C=O) groups is 3. The van der Waals surface area contributed by atoms with Gasteiger partial charge in [-0.05, 0) is 137 Å². The van der Waals surface area contributed by atoms with Gasteiger partial charge in [0.25, 0.3) is 0 Å². The molecule has 9 nitrogen and oxygen atoms in total. The normalized spacial score (nSPS) is 35.9. The van der Waals surface area contributed by atoms with E-state index in [2.05, 4.69) is 83.4 Å². The molecule has 1 aromatic heterocycles. The molecule has 312 valence electrons. The summed E-state index contributed by atoms with van der Waals surface area (Å²) in [4.78, 5) is 48.4. The molecule has 0 aliphatic heterocycles. The molecule has 56 heavy (non-hydrogen) atoms. The van der Waals surface area contributed by atoms with Crippen LogP contribution in [0.3, 0.4) is 0 Å². The molecule has 0 amide bonds. The van der Waals surface area contributed by atoms with Crippen molar-refractivity contribution in [3.63, 3.8) is 0 Å². The summed E-state index contributed by atoms with van der Waals surface area (Å²) in [6.45, 7) is 22.6. The number of esters is 1. The fourth-order valence-corrected chi connectivity index (χ4v) is 13.6. The van der Waals surface area contributed by atoms with Crippen molar-refractivity contribution in [2.24, 2.45) is 56.2 Å². The highest BCUT2D eigenvalue weighted by Gasteiger charge is 2.71. The third-order valence-electron chi connectivity index (χ3n) is 16.9. The number of aromatic nitrogens is 1. The van der Waals surface area contributed by atoms with E-state index in [1.807, 2.05) is 18.3 Å². The fourth-order valence-electron chi connectivity index (χ4n) is 13.6. The Morgan fingerprint density at radius 2 is 1.66 bits per heavy atom. The molecule has 1 aromatic rings. The van der Waals surface area contributed by atoms with Gasteiger partial charge in [0.15, 0.2) is 5.78 Å². The van der Waals surface area contributed by atoms with E-state index >= 15 is 0 Å². The van der Waals surface area contributed by atoms with Gasteiger partial charge in [-0.25, -0.2) is 0 Å². The quantitative estimate of drug-likeness (QED) is 0.191. The number of Topliss-reactive ketones (excluding diaryl/α,β-unsaturated/α-hetero) is 1. The van der Waals surface area contributed by atoms with Gasteiger partial charge < -0.3 is 19.8 Å². The van der Waals surface area contributed by atoms with Crippen molar-refractivity contribution in [1.29, 1.82) is 0 Å². The van der Waals surface area contributed by atoms with Gasteiger partial charge in [0, 0.05) is 49.6 Å². The number of aliphatic hydroxyl groups is 1. The minimum atomic E-state index is -1.17. The highest BCUT2D eigenvalue weighted by atomic mass is 16.5. The second-order valence-electron chi connectivity index (χ2n) is 21.4. The number of pyridine rings is 1. The molecule has 5 aliphatic carbocycles. The first-order valence-corrected chi connectivity index (χ1v) is 21.7. The summed E-state index contributed by atoms with van der Waals surface area (Å²) < 4.78 is 6.19. The van der Waals surface area contributed by atoms with E-state index in [-0.39, 0.29) is 51.8 Å². The number of carboxylic acids is 1. The third-order valence-corrected chi connectivity index (χ3v) is 16.9. The zero-order valence-corrected chi connectivity index (χ0v) is 36.5. The lowest BCUT2D eigenvalue weighted by Crippen LogP contribution is -2.66. The number of carbonyl (C=O) groups excluding carboxylic acids is 2. The van der Waals surface area contributed by atoms with E-state index in [1.54, 1.807) is 13.8 Å². The van der Waals surface area contributed by atoms with Crippen LogP contribution >= 0.6 is 0 Å². The van der Waals surface area contributed by atoms with Crippen molar-refractivity contribution < 1.29 is 29.3 Å². The maximum Gasteiger partial charge on any atom is 0.309 e. The summed E-state index contributed by atoms with van der Waals surface area (Å²) >= 11 is 0. The Bertz CT molecular complexity index is 1690. The second kappa shape index (κ2) is 15.2. The summed E-state index contributed by atoms with van der Waals surface area (Å²) in [6, 6.07) is 6.01. The second-order valence-corrected chi connectivity index (χ2v) is 21.4. The van der Waals surface area contributed by atoms with Gasteiger partial charge in [0.1, 0.15) is 6.10 Å². The molecule has 6 rings (SSSR count). The molecule has 9 heteroatoms. The molecule has 9 unspecified atom stereocenters. The molecule has 0 aromatic carbocycles. The number of rotatable bonds is 13. The molecular weight excluding hydrogens is 703 g/mol. The van der Waals surface area contributed by atoms with Crippen LogP contribution in [0.25, 0.3) is 0 Å². The van der Waals surface area contributed by atoms with Gasteiger partial charge in [-0.3, -0.25) is 24.3 Å². The minimum Gasteiger partial charge on any atom is -0.481 e. The monoisotopic (exact) mass is 776 g/mol. The first-order valence-electron chi connectivity index (χ1n) is 21.7. The summed E-state index contributed by atoms with van der Waals surface area (Å²) in [5.74, 6) is 0.0227. The molecule has 0 bridgehead atoms. The molecule has 9 atom stereocenters. The Morgan fingerprint density at radius 3 is 2.29 bits per heavy atom. The van der Waals surface area contributed by atoms with E-state index in [1.165, 1.54) is 5.57 Å². The van der Waals surface area contributed by atoms with Gasteiger partial charge in [0.05, 0.1) is 23.6 Å². The Hall–Kier alpha value is -2.62. The third kappa shape index (κ3) is 7.12. The van der Waals surface area contributed by atoms with E-state index in [0.717, 1.165) is 75.7 Å². The van der Waals surface area contributed by atoms with Crippen LogP contribution in [-0.2, 0) is 25.7 Å². The van der Waals surface area contributed by atoms with Gasteiger partial charge in [-0.1, -0.05) is 60.1 Å². The van der Waals surface area contributed by atoms with E-state index in [0.29, 0.717) is 31.3 Å². The van der Waals surface area contributed by atoms with Crippen LogP contribution in [0.2, 0.25) is 0 Å². The molecule has 2 N–H and O–H groups in total. The lowest BCUT2D eigenvalue weighted by atomic mass is 9.33. The lowest BCUT2D eigenvalue weighted by molar-refractivity contribution is -0.235. The number of hydrogen-bond acceptors (Lipinski definition) is 8. The maximum atomic E-state index is 14.3. The predicted octanol–water partition coefficient (Wildman–Crippen LogP) is 8.20. The van der Waals surface area contributed by atoms with E-state index in [4.69, 9.17) is 4.74 Å². The first kappa shape index (κ1) is 43.0. The van der Waals surface area contributed by atoms with Crippen molar-refractivity contribution >= 4 is 17.7 Å². The van der Waals surface area contributed by atoms with Crippen LogP contribution in [0.4, 0.5) is 0 Å². The highest BCUT2D eigenvalue weighted by Crippen LogP contribution is 2.77. The van der Waals surface area contributed by atoms with Crippen LogP contribution < -0.4 is 0 Å². The zero-order valence-electron chi connectivity index (χ0n) is 36.5. The number of fused-ring (bicyclic) bond motifs is 7. The van der Waals surface area contributed by atoms with Crippen LogP contribution in [-0.4, -0.2) is 88.7 Å². The maximum absolute atomic E-state index is 14.3. The summed E-state index contributed by atoms with van der Waals surface area (Å²) in [7, 11) is 4.17. The lowest BCUT2D eigenvalue weighted by Gasteiger charge is -2.72. The Balaban J connectivity index is 1.29. The molecule has 5 aliphatic rings. The van der Waals surface area contributed by atoms with Gasteiger partial charge in [-0.15, -0.1) is 0 Å². The van der Waals surface area contributed by atoms with Gasteiger partial charge in [-0.2, -0.15) is 0 Å². The zero-order chi connectivity index (χ0) is 41.2. The molecule has 4 fully saturated rings. The molecule has 0 saturated heterocycles. The molecular formula is C47H73N3O6. The molecule has 4 saturated carbocycles. The summed E-state index contributed by atoms with van der Waals surface area (Å²) in [6.07, 6.45) is 9.00. The van der Waals surface area contributed by atoms with Crippen molar-refractivity contribution in [1.82, 2.24) is 14.8 Å². The first-order chi connectivity index (χ1) is 26.0. The van der Waals surface area contributed by atoms with E-state index < -0.39 is 28.9 Å². The summed E-state index contributed by atoms with van der Waals surface area (Å²) in [5, 5.41) is 22.3. The number of ether oxygens (including phenoxy) is 1. The number of carboxylic acid groups (broad SMARTS) is 1. The number of hydrogen-bond donors (Lipinski definition) is 2. The highest BCUT2D eigenvalue weighted by molar-refractivity contribution is 6.00. The number of aliphatic hydroxyl groups excluding tert-OH is 1. The van der Waals surface area contributed by atoms with Crippen molar-refractivity contribution in [3.05, 3.63) is 41.2 Å². The van der Waals surface area contributed by atoms with Crippen LogP contribution in [0.1, 0.15) is 132 Å². The van der Waals surface area contributed by atoms with Crippen LogP contribution in [0.15, 0.2) is 35.5 Å². The van der Waals surface area contributed by atoms with Crippen LogP contribution in [0.5, 0.6) is 0 Å². The average molecular weight is 776 g/mol. The number of aliphatic carboxylic acids is 1. The fraction of sp³-hybridized carbons (Fsp3) is 0.787. The van der Waals surface area contributed by atoms with Crippen molar-refractivity contribution in [2.75, 3.05) is 33.7 Å². The topological polar surface area (TPSA) is 120 Å². The molecule has 0 radical (unpaired) electrons. The number of allylic oxidation sites excluding steroid dienone is 1. The average Bonchev–Trinajstić information content (AvgIpc) is 3.42. The Morgan fingerprint density at radius 1 is 0.946 bits per heavy atom. The minimum absolute atomic E-state index is 0.0261. The Kier molecular flexibility index (Phi) is 11.7. The van der Waals surface area contributed by atoms with Crippen molar-refractivity contribution in [3.8, 4) is 0 Å². The molecule has 0 spiro atoms. The number of ketones is 1. The standard InChI is InChI=1S/C47H73N3O6/c1-30(2)39-33(51)26-47(36(52)29-50(25-24-49(10)11)28-31-14-12-13-23-48-31)22-21-45(8)32(40(39)47)15-16-35-44(7)19-18-37(56-38(53)27-42(3,4)41(54)55)43(5,6)34(44)17-20-46(35,45)9/h12-14,23,30,32,34-37,52H,15-22,24-29H2,1-11H3,(H,54,55). The summed E-state index contributed by atoms with van der Waals surface area (Å²) in [5.41, 5.74) is 1.39. The van der Waals surface area contributed by atoms with Gasteiger partial charge in [0.2, 0.25) is 0 Å². The number of likely N-dealkylation sites (N-methyl/N-ethyl adjacent to an activating group) is 1. The molecule has 1 heterocycles.